The molecular formula is C21H22ClN3O3S. The number of hydrogen-bond acceptors (Lipinski definition) is 5. The molecule has 0 saturated carbocycles. The van der Waals surface area contributed by atoms with Gasteiger partial charge in [-0.25, -0.2) is 0 Å². The Hall–Kier alpha value is -2.64. The lowest BCUT2D eigenvalue weighted by Gasteiger charge is -2.20. The highest BCUT2D eigenvalue weighted by Gasteiger charge is 2.13. The third kappa shape index (κ3) is 4.68. The average molecular weight is 432 g/mol. The van der Waals surface area contributed by atoms with Crippen LogP contribution < -0.4 is 9.70 Å². The number of ether oxygens (including phenoxy) is 1. The van der Waals surface area contributed by atoms with Crippen molar-refractivity contribution < 1.29 is 14.3 Å². The van der Waals surface area contributed by atoms with Gasteiger partial charge in [0.1, 0.15) is 6.54 Å². The van der Waals surface area contributed by atoms with Crippen LogP contribution in [0.1, 0.15) is 24.2 Å². The predicted molar refractivity (Wildman–Crippen MR) is 117 cm³/mol. The number of hydrogen-bond donors (Lipinski definition) is 0. The Morgan fingerprint density at radius 2 is 1.83 bits per heavy atom. The highest BCUT2D eigenvalue weighted by atomic mass is 35.5. The molecule has 3 aromatic rings. The molecule has 1 aromatic heterocycles. The zero-order chi connectivity index (χ0) is 21.0. The van der Waals surface area contributed by atoms with Crippen molar-refractivity contribution in [2.24, 2.45) is 4.99 Å². The van der Waals surface area contributed by atoms with Gasteiger partial charge in [-0.15, -0.1) is 0 Å². The highest BCUT2D eigenvalue weighted by molar-refractivity contribution is 7.16. The van der Waals surface area contributed by atoms with Gasteiger partial charge in [0.2, 0.25) is 0 Å². The van der Waals surface area contributed by atoms with Crippen LogP contribution in [-0.2, 0) is 16.1 Å². The summed E-state index contributed by atoms with van der Waals surface area (Å²) in [4.78, 5) is 31.5. The van der Waals surface area contributed by atoms with E-state index >= 15 is 0 Å². The average Bonchev–Trinajstić information content (AvgIpc) is 3.05. The van der Waals surface area contributed by atoms with Crippen LogP contribution in [0.4, 0.5) is 5.69 Å². The number of nitrogens with zero attached hydrogens (tertiary/aromatic N) is 3. The van der Waals surface area contributed by atoms with E-state index in [-0.39, 0.29) is 12.5 Å². The van der Waals surface area contributed by atoms with Gasteiger partial charge in [-0.3, -0.25) is 9.59 Å². The van der Waals surface area contributed by atoms with Gasteiger partial charge in [0.15, 0.2) is 4.80 Å². The molecule has 0 aliphatic rings. The molecule has 8 heteroatoms. The maximum absolute atomic E-state index is 12.8. The van der Waals surface area contributed by atoms with Crippen molar-refractivity contribution >= 4 is 50.7 Å². The summed E-state index contributed by atoms with van der Waals surface area (Å²) in [6, 6.07) is 12.7. The fraction of sp³-hybridized carbons (Fsp3) is 0.286. The second-order valence-corrected chi connectivity index (χ2v) is 7.74. The van der Waals surface area contributed by atoms with Crippen LogP contribution >= 0.6 is 22.9 Å². The zero-order valence-corrected chi connectivity index (χ0v) is 18.1. The van der Waals surface area contributed by atoms with Crippen molar-refractivity contribution in [1.29, 1.82) is 0 Å². The van der Waals surface area contributed by atoms with E-state index < -0.39 is 5.97 Å². The van der Waals surface area contributed by atoms with Gasteiger partial charge >= 0.3 is 5.97 Å². The van der Waals surface area contributed by atoms with Crippen molar-refractivity contribution in [2.45, 2.75) is 20.4 Å². The van der Waals surface area contributed by atoms with E-state index in [9.17, 15) is 9.59 Å². The number of carbonyl (C=O) groups is 2. The summed E-state index contributed by atoms with van der Waals surface area (Å²) in [5.74, 6) is -0.788. The van der Waals surface area contributed by atoms with Crippen molar-refractivity contribution in [3.8, 4) is 0 Å². The lowest BCUT2D eigenvalue weighted by molar-refractivity contribution is -0.141. The Balaban J connectivity index is 2.01. The molecule has 0 spiro atoms. The number of fused-ring (bicyclic) bond motifs is 1. The smallest absolute Gasteiger partial charge is 0.325 e. The van der Waals surface area contributed by atoms with Gasteiger partial charge in [-0.05, 0) is 56.3 Å². The summed E-state index contributed by atoms with van der Waals surface area (Å²) >= 11 is 7.39. The first-order valence-corrected chi connectivity index (χ1v) is 10.5. The van der Waals surface area contributed by atoms with Crippen molar-refractivity contribution in [3.05, 3.63) is 57.9 Å². The van der Waals surface area contributed by atoms with E-state index in [0.717, 1.165) is 29.0 Å². The van der Waals surface area contributed by atoms with Crippen molar-refractivity contribution in [1.82, 2.24) is 4.57 Å². The number of esters is 1. The monoisotopic (exact) mass is 431 g/mol. The largest absolute Gasteiger partial charge is 0.468 e. The maximum Gasteiger partial charge on any atom is 0.325 e. The SMILES string of the molecule is CCN(CC)c1ccc(C(=O)N=c2sc3cc(Cl)ccc3n2CC(=O)OC)cc1. The highest BCUT2D eigenvalue weighted by Crippen LogP contribution is 2.22. The zero-order valence-electron chi connectivity index (χ0n) is 16.5. The van der Waals surface area contributed by atoms with E-state index in [0.29, 0.717) is 15.4 Å². The number of benzene rings is 2. The van der Waals surface area contributed by atoms with Gasteiger partial charge in [-0.1, -0.05) is 22.9 Å². The molecule has 0 fully saturated rings. The molecule has 0 aliphatic heterocycles. The first-order valence-electron chi connectivity index (χ1n) is 9.26. The molecule has 3 rings (SSSR count). The van der Waals surface area contributed by atoms with Gasteiger partial charge in [0.25, 0.3) is 5.91 Å². The van der Waals surface area contributed by atoms with Crippen LogP contribution in [0.25, 0.3) is 10.2 Å². The lowest BCUT2D eigenvalue weighted by Crippen LogP contribution is -2.22. The fourth-order valence-electron chi connectivity index (χ4n) is 3.03. The van der Waals surface area contributed by atoms with Crippen LogP contribution in [0, 0.1) is 0 Å². The quantitative estimate of drug-likeness (QED) is 0.551. The van der Waals surface area contributed by atoms with E-state index in [1.165, 1.54) is 18.4 Å². The molecule has 0 saturated heterocycles. The molecule has 0 radical (unpaired) electrons. The second kappa shape index (κ2) is 9.24. The maximum atomic E-state index is 12.8. The summed E-state index contributed by atoms with van der Waals surface area (Å²) in [5.41, 5.74) is 2.32. The van der Waals surface area contributed by atoms with Crippen LogP contribution in [0.5, 0.6) is 0 Å². The fourth-order valence-corrected chi connectivity index (χ4v) is 4.34. The normalized spacial score (nSPS) is 11.7. The van der Waals surface area contributed by atoms with E-state index in [4.69, 9.17) is 16.3 Å². The molecule has 0 unspecified atom stereocenters. The summed E-state index contributed by atoms with van der Waals surface area (Å²) in [7, 11) is 1.33. The number of carbonyl (C=O) groups excluding carboxylic acids is 2. The summed E-state index contributed by atoms with van der Waals surface area (Å²) in [5, 5.41) is 0.578. The van der Waals surface area contributed by atoms with Crippen LogP contribution in [0.2, 0.25) is 5.02 Å². The molecule has 0 bridgehead atoms. The standard InChI is InChI=1S/C21H22ClN3O3S/c1-4-24(5-2)16-9-6-14(7-10-16)20(27)23-21-25(13-19(26)28-3)17-11-8-15(22)12-18(17)29-21/h6-12H,4-5,13H2,1-3H3. The Kier molecular flexibility index (Phi) is 6.71. The Labute approximate surface area is 178 Å². The predicted octanol–water partition coefficient (Wildman–Crippen LogP) is 4.12. The van der Waals surface area contributed by atoms with Gasteiger partial charge in [-0.2, -0.15) is 4.99 Å². The lowest BCUT2D eigenvalue weighted by atomic mass is 10.2. The third-order valence-electron chi connectivity index (χ3n) is 4.60. The number of thiazole rings is 1. The molecule has 0 N–H and O–H groups in total. The van der Waals surface area contributed by atoms with E-state index in [2.05, 4.69) is 23.7 Å². The number of aromatic nitrogens is 1. The minimum Gasteiger partial charge on any atom is -0.468 e. The summed E-state index contributed by atoms with van der Waals surface area (Å²) in [6.07, 6.45) is 0. The molecular weight excluding hydrogens is 410 g/mol. The van der Waals surface area contributed by atoms with Crippen LogP contribution in [0.3, 0.4) is 0 Å². The van der Waals surface area contributed by atoms with E-state index in [1.807, 2.05) is 12.1 Å². The molecule has 0 aliphatic carbocycles. The molecule has 1 amide bonds. The molecule has 1 heterocycles. The number of methoxy groups -OCH3 is 1. The summed E-state index contributed by atoms with van der Waals surface area (Å²) in [6.45, 7) is 5.93. The van der Waals surface area contributed by atoms with Gasteiger partial charge < -0.3 is 14.2 Å². The first-order chi connectivity index (χ1) is 14.0. The number of halogens is 1. The van der Waals surface area contributed by atoms with Gasteiger partial charge in [0.05, 0.1) is 17.3 Å². The molecule has 2 aromatic carbocycles. The van der Waals surface area contributed by atoms with Crippen LogP contribution in [0.15, 0.2) is 47.5 Å². The Bertz CT molecular complexity index is 1100. The number of amides is 1. The van der Waals surface area contributed by atoms with Gasteiger partial charge in [0, 0.05) is 29.4 Å². The number of anilines is 1. The summed E-state index contributed by atoms with van der Waals surface area (Å²) < 4.78 is 7.29. The molecule has 29 heavy (non-hydrogen) atoms. The Morgan fingerprint density at radius 3 is 2.45 bits per heavy atom. The topological polar surface area (TPSA) is 63.9 Å². The van der Waals surface area contributed by atoms with E-state index in [1.54, 1.807) is 34.9 Å². The second-order valence-electron chi connectivity index (χ2n) is 6.30. The minimum atomic E-state index is -0.419. The Morgan fingerprint density at radius 1 is 1.14 bits per heavy atom. The third-order valence-corrected chi connectivity index (χ3v) is 5.88. The molecule has 0 atom stereocenters. The van der Waals surface area contributed by atoms with Crippen molar-refractivity contribution in [3.63, 3.8) is 0 Å². The van der Waals surface area contributed by atoms with Crippen LogP contribution in [-0.4, -0.2) is 36.6 Å². The minimum absolute atomic E-state index is 0.0366. The molecule has 6 nitrogen and oxygen atoms in total. The molecule has 152 valence electrons. The van der Waals surface area contributed by atoms with Crippen molar-refractivity contribution in [2.75, 3.05) is 25.1 Å². The first kappa shape index (κ1) is 21.1. The number of rotatable bonds is 6.